The fraction of sp³-hybridized carbons (Fsp3) is 0.316. The van der Waals surface area contributed by atoms with Crippen molar-refractivity contribution >= 4 is 23.3 Å². The number of carbonyl (C=O) groups is 2. The molecule has 1 aliphatic heterocycles. The molecule has 6 heteroatoms. The molecule has 1 aromatic carbocycles. The Balaban J connectivity index is 1.93. The lowest BCUT2D eigenvalue weighted by Crippen LogP contribution is -2.32. The Morgan fingerprint density at radius 3 is 2.76 bits per heavy atom. The maximum absolute atomic E-state index is 12.9. The summed E-state index contributed by atoms with van der Waals surface area (Å²) in [5.41, 5.74) is 1.66. The highest BCUT2D eigenvalue weighted by Crippen LogP contribution is 2.33. The first-order valence-corrected chi connectivity index (χ1v) is 8.12. The number of carbonyl (C=O) groups excluding carboxylic acids is 2. The van der Waals surface area contributed by atoms with Crippen LogP contribution in [0.25, 0.3) is 0 Å². The van der Waals surface area contributed by atoms with Gasteiger partial charge in [-0.1, -0.05) is 18.2 Å². The average molecular weight is 336 g/mol. The normalized spacial score (nSPS) is 16.6. The van der Waals surface area contributed by atoms with E-state index in [-0.39, 0.29) is 23.8 Å². The lowest BCUT2D eigenvalue weighted by atomic mass is 9.90. The molecule has 2 heterocycles. The van der Waals surface area contributed by atoms with Crippen LogP contribution in [-0.4, -0.2) is 16.4 Å². The van der Waals surface area contributed by atoms with Crippen LogP contribution in [0.3, 0.4) is 0 Å². The van der Waals surface area contributed by atoms with Gasteiger partial charge >= 0.3 is 0 Å². The summed E-state index contributed by atoms with van der Waals surface area (Å²) in [4.78, 5) is 24.8. The largest absolute Gasteiger partial charge is 0.328 e. The number of aromatic nitrogens is 1. The van der Waals surface area contributed by atoms with Gasteiger partial charge in [-0.2, -0.15) is 5.26 Å². The summed E-state index contributed by atoms with van der Waals surface area (Å²) in [6.07, 6.45) is 1.82. The Labute approximate surface area is 146 Å². The zero-order valence-corrected chi connectivity index (χ0v) is 14.5. The van der Waals surface area contributed by atoms with E-state index in [1.807, 2.05) is 43.5 Å². The van der Waals surface area contributed by atoms with E-state index in [1.54, 1.807) is 18.3 Å². The molecule has 1 unspecified atom stereocenters. The van der Waals surface area contributed by atoms with Crippen LogP contribution in [0.1, 0.15) is 44.2 Å². The first-order chi connectivity index (χ1) is 11.8. The topological polar surface area (TPSA) is 86.9 Å². The first-order valence-electron chi connectivity index (χ1n) is 8.12. The van der Waals surface area contributed by atoms with Crippen LogP contribution in [0, 0.1) is 11.3 Å². The van der Waals surface area contributed by atoms with Crippen molar-refractivity contribution in [3.63, 3.8) is 0 Å². The number of nitrogens with one attached hydrogen (secondary N) is 2. The number of hydrogen-bond acceptors (Lipinski definition) is 3. The van der Waals surface area contributed by atoms with Gasteiger partial charge in [-0.05, 0) is 38.5 Å². The number of benzene rings is 1. The predicted molar refractivity (Wildman–Crippen MR) is 95.2 cm³/mol. The highest BCUT2D eigenvalue weighted by Gasteiger charge is 2.31. The van der Waals surface area contributed by atoms with Crippen molar-refractivity contribution in [3.8, 4) is 6.07 Å². The summed E-state index contributed by atoms with van der Waals surface area (Å²) in [5, 5.41) is 14.8. The zero-order chi connectivity index (χ0) is 18.2. The molecule has 0 saturated heterocycles. The molecule has 2 aromatic rings. The Kier molecular flexibility index (Phi) is 4.09. The maximum atomic E-state index is 12.9. The summed E-state index contributed by atoms with van der Waals surface area (Å²) < 4.78 is 1.86. The van der Waals surface area contributed by atoms with Crippen molar-refractivity contribution in [2.24, 2.45) is 0 Å². The molecule has 25 heavy (non-hydrogen) atoms. The minimum atomic E-state index is -0.557. The molecule has 1 aliphatic rings. The van der Waals surface area contributed by atoms with E-state index in [4.69, 9.17) is 5.26 Å². The minimum Gasteiger partial charge on any atom is -0.328 e. The third-order valence-corrected chi connectivity index (χ3v) is 4.24. The minimum absolute atomic E-state index is 0.101. The SMILES string of the molecule is CC(C)(C)n1cc(C#N)cc1NC(=O)C1CC(=O)Nc2ccccc21. The van der Waals surface area contributed by atoms with E-state index in [1.165, 1.54) is 0 Å². The standard InChI is InChI=1S/C19H20N4O2/c1-19(2,3)23-11-12(10-20)8-16(23)22-18(25)14-9-17(24)21-15-7-5-4-6-13(14)15/h4-8,11,14H,9H2,1-3H3,(H,21,24)(H,22,25). The molecule has 0 aliphatic carbocycles. The third-order valence-electron chi connectivity index (χ3n) is 4.24. The smallest absolute Gasteiger partial charge is 0.233 e. The Morgan fingerprint density at radius 1 is 1.36 bits per heavy atom. The van der Waals surface area contributed by atoms with E-state index in [2.05, 4.69) is 16.7 Å². The van der Waals surface area contributed by atoms with Gasteiger partial charge in [0.15, 0.2) is 0 Å². The molecule has 2 amide bonds. The van der Waals surface area contributed by atoms with Gasteiger partial charge in [0.25, 0.3) is 0 Å². The van der Waals surface area contributed by atoms with Gasteiger partial charge < -0.3 is 15.2 Å². The van der Waals surface area contributed by atoms with Crippen LogP contribution < -0.4 is 10.6 Å². The van der Waals surface area contributed by atoms with Crippen molar-refractivity contribution in [1.29, 1.82) is 5.26 Å². The second kappa shape index (κ2) is 6.10. The van der Waals surface area contributed by atoms with E-state index in [0.29, 0.717) is 17.1 Å². The first kappa shape index (κ1) is 16.8. The number of hydrogen-bond donors (Lipinski definition) is 2. The Bertz CT molecular complexity index is 884. The highest BCUT2D eigenvalue weighted by molar-refractivity contribution is 6.04. The average Bonchev–Trinajstić information content (AvgIpc) is 2.97. The summed E-state index contributed by atoms with van der Waals surface area (Å²) >= 11 is 0. The van der Waals surface area contributed by atoms with Crippen molar-refractivity contribution < 1.29 is 9.59 Å². The van der Waals surface area contributed by atoms with E-state index in [0.717, 1.165) is 5.56 Å². The molecule has 0 fully saturated rings. The van der Waals surface area contributed by atoms with Crippen molar-refractivity contribution in [1.82, 2.24) is 4.57 Å². The summed E-state index contributed by atoms with van der Waals surface area (Å²) in [6, 6.07) is 11.1. The molecular weight excluding hydrogens is 316 g/mol. The van der Waals surface area contributed by atoms with Crippen molar-refractivity contribution in [2.75, 3.05) is 10.6 Å². The molecule has 1 atom stereocenters. The number of rotatable bonds is 2. The molecule has 3 rings (SSSR count). The molecule has 6 nitrogen and oxygen atoms in total. The molecule has 0 radical (unpaired) electrons. The van der Waals surface area contributed by atoms with Crippen molar-refractivity contribution in [3.05, 3.63) is 47.7 Å². The Morgan fingerprint density at radius 2 is 2.08 bits per heavy atom. The lowest BCUT2D eigenvalue weighted by molar-refractivity contribution is -0.123. The molecule has 0 bridgehead atoms. The number of nitriles is 1. The fourth-order valence-corrected chi connectivity index (χ4v) is 3.03. The monoisotopic (exact) mass is 336 g/mol. The van der Waals surface area contributed by atoms with Crippen LogP contribution in [0.15, 0.2) is 36.5 Å². The molecule has 1 aromatic heterocycles. The lowest BCUT2D eigenvalue weighted by Gasteiger charge is -2.27. The van der Waals surface area contributed by atoms with Crippen LogP contribution in [-0.2, 0) is 15.1 Å². The highest BCUT2D eigenvalue weighted by atomic mass is 16.2. The number of nitrogens with zero attached hydrogens (tertiary/aromatic N) is 2. The fourth-order valence-electron chi connectivity index (χ4n) is 3.03. The molecular formula is C19H20N4O2. The van der Waals surface area contributed by atoms with Crippen LogP contribution in [0.5, 0.6) is 0 Å². The predicted octanol–water partition coefficient (Wildman–Crippen LogP) is 3.18. The van der Waals surface area contributed by atoms with Gasteiger partial charge in [-0.25, -0.2) is 0 Å². The maximum Gasteiger partial charge on any atom is 0.233 e. The molecule has 2 N–H and O–H groups in total. The number of anilines is 2. The summed E-state index contributed by atoms with van der Waals surface area (Å²) in [6.45, 7) is 5.98. The van der Waals surface area contributed by atoms with Gasteiger partial charge in [0.05, 0.1) is 11.5 Å². The second-order valence-electron chi connectivity index (χ2n) is 7.15. The van der Waals surface area contributed by atoms with Gasteiger partial charge in [-0.15, -0.1) is 0 Å². The van der Waals surface area contributed by atoms with E-state index in [9.17, 15) is 9.59 Å². The number of para-hydroxylation sites is 1. The quantitative estimate of drug-likeness (QED) is 0.883. The van der Waals surface area contributed by atoms with Crippen LogP contribution in [0.4, 0.5) is 11.5 Å². The van der Waals surface area contributed by atoms with Gasteiger partial charge in [0.1, 0.15) is 11.9 Å². The second-order valence-corrected chi connectivity index (χ2v) is 7.15. The van der Waals surface area contributed by atoms with Gasteiger partial charge in [-0.3, -0.25) is 9.59 Å². The zero-order valence-electron chi connectivity index (χ0n) is 14.5. The van der Waals surface area contributed by atoms with Gasteiger partial charge in [0, 0.05) is 23.8 Å². The molecule has 128 valence electrons. The van der Waals surface area contributed by atoms with Gasteiger partial charge in [0.2, 0.25) is 11.8 Å². The van der Waals surface area contributed by atoms with E-state index < -0.39 is 5.92 Å². The summed E-state index contributed by atoms with van der Waals surface area (Å²) in [5.74, 6) is -0.436. The number of amides is 2. The van der Waals surface area contributed by atoms with Crippen LogP contribution in [0.2, 0.25) is 0 Å². The molecule has 0 saturated carbocycles. The molecule has 0 spiro atoms. The Hall–Kier alpha value is -3.07. The van der Waals surface area contributed by atoms with E-state index >= 15 is 0 Å². The van der Waals surface area contributed by atoms with Crippen molar-refractivity contribution in [2.45, 2.75) is 38.6 Å². The third kappa shape index (κ3) is 3.26. The van der Waals surface area contributed by atoms with Crippen LogP contribution >= 0.6 is 0 Å². The summed E-state index contributed by atoms with van der Waals surface area (Å²) in [7, 11) is 0. The number of fused-ring (bicyclic) bond motifs is 1.